The normalized spacial score (nSPS) is 14.5. The molecule has 0 radical (unpaired) electrons. The number of pyridine rings is 1. The third kappa shape index (κ3) is 3.88. The monoisotopic (exact) mass is 316 g/mol. The highest BCUT2D eigenvalue weighted by Gasteiger charge is 2.19. The van der Waals surface area contributed by atoms with Gasteiger partial charge in [0.2, 0.25) is 0 Å². The molecule has 1 saturated heterocycles. The lowest BCUT2D eigenvalue weighted by Crippen LogP contribution is -2.27. The van der Waals surface area contributed by atoms with E-state index >= 15 is 0 Å². The van der Waals surface area contributed by atoms with Crippen LogP contribution in [0.25, 0.3) is 0 Å². The molecule has 22 heavy (non-hydrogen) atoms. The van der Waals surface area contributed by atoms with Gasteiger partial charge in [0.15, 0.2) is 0 Å². The van der Waals surface area contributed by atoms with Crippen molar-refractivity contribution in [1.82, 2.24) is 19.4 Å². The van der Waals surface area contributed by atoms with E-state index in [9.17, 15) is 4.79 Å². The van der Waals surface area contributed by atoms with Gasteiger partial charge in [-0.1, -0.05) is 0 Å². The Labute approximate surface area is 134 Å². The molecule has 6 heteroatoms. The van der Waals surface area contributed by atoms with Gasteiger partial charge in [0.25, 0.3) is 5.91 Å². The number of rotatable bonds is 6. The highest BCUT2D eigenvalue weighted by Crippen LogP contribution is 2.18. The van der Waals surface area contributed by atoms with Crippen LogP contribution < -0.4 is 0 Å². The van der Waals surface area contributed by atoms with Crippen LogP contribution >= 0.6 is 11.8 Å². The molecule has 3 rings (SSSR count). The zero-order chi connectivity index (χ0) is 15.2. The Hall–Kier alpha value is -1.82. The molecule has 1 aliphatic heterocycles. The number of likely N-dealkylation sites (tertiary alicyclic amines) is 1. The minimum Gasteiger partial charge on any atom is -0.339 e. The largest absolute Gasteiger partial charge is 0.339 e. The van der Waals surface area contributed by atoms with Crippen LogP contribution in [0.4, 0.5) is 0 Å². The molecule has 0 bridgehead atoms. The zero-order valence-electron chi connectivity index (χ0n) is 12.5. The van der Waals surface area contributed by atoms with Gasteiger partial charge < -0.3 is 9.47 Å². The van der Waals surface area contributed by atoms with Gasteiger partial charge in [-0.15, -0.1) is 11.8 Å². The molecule has 1 fully saturated rings. The molecule has 3 heterocycles. The predicted octanol–water partition coefficient (Wildman–Crippen LogP) is 2.70. The Morgan fingerprint density at radius 2 is 2.14 bits per heavy atom. The van der Waals surface area contributed by atoms with Crippen LogP contribution in [-0.2, 0) is 6.54 Å². The molecular formula is C16H20N4OS. The summed E-state index contributed by atoms with van der Waals surface area (Å²) in [5.74, 6) is 1.12. The third-order valence-corrected chi connectivity index (χ3v) is 4.78. The van der Waals surface area contributed by atoms with E-state index in [2.05, 4.69) is 14.5 Å². The average Bonchev–Trinajstić information content (AvgIpc) is 3.25. The van der Waals surface area contributed by atoms with Crippen LogP contribution in [0.5, 0.6) is 0 Å². The van der Waals surface area contributed by atoms with Crippen molar-refractivity contribution in [1.29, 1.82) is 0 Å². The summed E-state index contributed by atoms with van der Waals surface area (Å²) in [6.07, 6.45) is 10.6. The number of aromatic nitrogens is 3. The third-order valence-electron chi connectivity index (χ3n) is 3.75. The molecule has 5 nitrogen and oxygen atoms in total. The predicted molar refractivity (Wildman–Crippen MR) is 86.9 cm³/mol. The molecule has 0 N–H and O–H groups in total. The highest BCUT2D eigenvalue weighted by atomic mass is 32.2. The average molecular weight is 316 g/mol. The Bertz CT molecular complexity index is 591. The second kappa shape index (κ2) is 7.45. The molecule has 0 aliphatic carbocycles. The van der Waals surface area contributed by atoms with E-state index in [0.29, 0.717) is 5.56 Å². The summed E-state index contributed by atoms with van der Waals surface area (Å²) in [6, 6.07) is 3.84. The maximum atomic E-state index is 12.2. The molecule has 0 spiro atoms. The first kappa shape index (κ1) is 15.1. The van der Waals surface area contributed by atoms with E-state index in [1.807, 2.05) is 29.6 Å². The van der Waals surface area contributed by atoms with Gasteiger partial charge in [0.1, 0.15) is 0 Å². The number of imidazole rings is 1. The molecule has 2 aromatic rings. The smallest absolute Gasteiger partial charge is 0.255 e. The Kier molecular flexibility index (Phi) is 5.11. The number of amides is 1. The molecule has 0 unspecified atom stereocenters. The second-order valence-corrected chi connectivity index (χ2v) is 6.50. The quantitative estimate of drug-likeness (QED) is 0.607. The maximum Gasteiger partial charge on any atom is 0.255 e. The summed E-state index contributed by atoms with van der Waals surface area (Å²) in [5.41, 5.74) is 0.699. The topological polar surface area (TPSA) is 51.0 Å². The Balaban J connectivity index is 1.45. The lowest BCUT2D eigenvalue weighted by atomic mass is 10.2. The maximum absolute atomic E-state index is 12.2. The Morgan fingerprint density at radius 3 is 2.82 bits per heavy atom. The van der Waals surface area contributed by atoms with E-state index in [0.717, 1.165) is 49.7 Å². The van der Waals surface area contributed by atoms with E-state index in [1.54, 1.807) is 24.2 Å². The number of nitrogens with zero attached hydrogens (tertiary/aromatic N) is 4. The Morgan fingerprint density at radius 1 is 1.27 bits per heavy atom. The van der Waals surface area contributed by atoms with Crippen molar-refractivity contribution in [2.24, 2.45) is 0 Å². The van der Waals surface area contributed by atoms with Crippen LogP contribution in [0.3, 0.4) is 0 Å². The fourth-order valence-electron chi connectivity index (χ4n) is 2.54. The molecule has 1 aliphatic rings. The fraction of sp³-hybridized carbons (Fsp3) is 0.438. The van der Waals surface area contributed by atoms with Crippen molar-refractivity contribution in [3.8, 4) is 0 Å². The lowest BCUT2D eigenvalue weighted by molar-refractivity contribution is 0.0792. The summed E-state index contributed by atoms with van der Waals surface area (Å²) in [5, 5.41) is 0.976. The zero-order valence-corrected chi connectivity index (χ0v) is 13.3. The number of carbonyl (C=O) groups excluding carboxylic acids is 1. The molecule has 0 atom stereocenters. The summed E-state index contributed by atoms with van der Waals surface area (Å²) < 4.78 is 2.08. The first-order chi connectivity index (χ1) is 10.8. The van der Waals surface area contributed by atoms with Crippen LogP contribution in [0.1, 0.15) is 29.6 Å². The first-order valence-electron chi connectivity index (χ1n) is 7.67. The van der Waals surface area contributed by atoms with Gasteiger partial charge in [0.05, 0.1) is 16.9 Å². The summed E-state index contributed by atoms with van der Waals surface area (Å²) in [7, 11) is 0. The van der Waals surface area contributed by atoms with Crippen LogP contribution in [0, 0.1) is 0 Å². The molecule has 116 valence electrons. The first-order valence-corrected chi connectivity index (χ1v) is 8.65. The van der Waals surface area contributed by atoms with E-state index < -0.39 is 0 Å². The number of hydrogen-bond donors (Lipinski definition) is 0. The molecule has 0 saturated carbocycles. The summed E-state index contributed by atoms with van der Waals surface area (Å²) in [4.78, 5) is 22.6. The van der Waals surface area contributed by atoms with Crippen molar-refractivity contribution < 1.29 is 4.79 Å². The van der Waals surface area contributed by atoms with Gasteiger partial charge in [-0.25, -0.2) is 9.97 Å². The van der Waals surface area contributed by atoms with E-state index in [4.69, 9.17) is 0 Å². The van der Waals surface area contributed by atoms with Gasteiger partial charge in [0, 0.05) is 44.0 Å². The number of hydrogen-bond acceptors (Lipinski definition) is 4. The standard InChI is InChI=1S/C16H20N4OS/c21-16(20-8-1-2-9-20)14-4-5-15(18-12-14)22-11-3-7-19-10-6-17-13-19/h4-6,10,12-13H,1-3,7-9,11H2. The van der Waals surface area contributed by atoms with Crippen molar-refractivity contribution in [2.75, 3.05) is 18.8 Å². The molecule has 2 aromatic heterocycles. The lowest BCUT2D eigenvalue weighted by Gasteiger charge is -2.14. The number of carbonyl (C=O) groups is 1. The van der Waals surface area contributed by atoms with Crippen molar-refractivity contribution in [3.63, 3.8) is 0 Å². The van der Waals surface area contributed by atoms with Crippen molar-refractivity contribution in [3.05, 3.63) is 42.6 Å². The minimum absolute atomic E-state index is 0.113. The molecular weight excluding hydrogens is 296 g/mol. The van der Waals surface area contributed by atoms with E-state index in [-0.39, 0.29) is 5.91 Å². The summed E-state index contributed by atoms with van der Waals surface area (Å²) in [6.45, 7) is 2.73. The number of aryl methyl sites for hydroxylation is 1. The van der Waals surface area contributed by atoms with Gasteiger partial charge >= 0.3 is 0 Å². The molecule has 0 aromatic carbocycles. The van der Waals surface area contributed by atoms with Gasteiger partial charge in [-0.3, -0.25) is 4.79 Å². The highest BCUT2D eigenvalue weighted by molar-refractivity contribution is 7.99. The SMILES string of the molecule is O=C(c1ccc(SCCCn2ccnc2)nc1)N1CCCC1. The minimum atomic E-state index is 0.113. The van der Waals surface area contributed by atoms with E-state index in [1.165, 1.54) is 0 Å². The van der Waals surface area contributed by atoms with Crippen LogP contribution in [-0.4, -0.2) is 44.2 Å². The van der Waals surface area contributed by atoms with Crippen LogP contribution in [0.2, 0.25) is 0 Å². The summed E-state index contributed by atoms with van der Waals surface area (Å²) >= 11 is 1.73. The van der Waals surface area contributed by atoms with Gasteiger partial charge in [-0.05, 0) is 31.4 Å². The number of thioether (sulfide) groups is 1. The molecule has 1 amide bonds. The van der Waals surface area contributed by atoms with Gasteiger partial charge in [-0.2, -0.15) is 0 Å². The van der Waals surface area contributed by atoms with Crippen LogP contribution in [0.15, 0.2) is 42.1 Å². The second-order valence-electron chi connectivity index (χ2n) is 5.39. The van der Waals surface area contributed by atoms with Crippen molar-refractivity contribution >= 4 is 17.7 Å². The van der Waals surface area contributed by atoms with Crippen molar-refractivity contribution in [2.45, 2.75) is 30.8 Å². The fourth-order valence-corrected chi connectivity index (χ4v) is 3.31.